The van der Waals surface area contributed by atoms with E-state index in [1.807, 2.05) is 25.2 Å². The third-order valence-electron chi connectivity index (χ3n) is 3.47. The van der Waals surface area contributed by atoms with Gasteiger partial charge in [-0.2, -0.15) is 0 Å². The maximum atomic E-state index is 12.1. The van der Waals surface area contributed by atoms with E-state index >= 15 is 0 Å². The third-order valence-corrected chi connectivity index (χ3v) is 3.97. The first-order chi connectivity index (χ1) is 11.5. The number of quaternary nitrogens is 1. The van der Waals surface area contributed by atoms with Crippen LogP contribution >= 0.6 is 23.2 Å². The Morgan fingerprint density at radius 2 is 2.08 bits per heavy atom. The molecule has 0 saturated heterocycles. The molecular weight excluding hydrogens is 353 g/mol. The number of anilines is 1. The molecule has 1 aromatic heterocycles. The minimum absolute atomic E-state index is 0.176. The highest BCUT2D eigenvalue weighted by atomic mass is 35.5. The van der Waals surface area contributed by atoms with Crippen LogP contribution in [0.3, 0.4) is 0 Å². The number of carbonyl (C=O) groups excluding carboxylic acids is 1. The lowest BCUT2D eigenvalue weighted by atomic mass is 10.2. The number of halogens is 2. The van der Waals surface area contributed by atoms with Gasteiger partial charge in [-0.05, 0) is 24.3 Å². The number of hydrogen-bond donors (Lipinski definition) is 2. The summed E-state index contributed by atoms with van der Waals surface area (Å²) in [6.45, 7) is 1.19. The number of aromatic nitrogens is 1. The second-order valence-corrected chi connectivity index (χ2v) is 6.37. The molecule has 1 atom stereocenters. The van der Waals surface area contributed by atoms with Gasteiger partial charge in [0.05, 0.1) is 17.1 Å². The summed E-state index contributed by atoms with van der Waals surface area (Å²) in [6.07, 6.45) is 1.44. The first kappa shape index (κ1) is 16.8. The van der Waals surface area contributed by atoms with Gasteiger partial charge in [0.2, 0.25) is 6.79 Å². The quantitative estimate of drug-likeness (QED) is 0.843. The van der Waals surface area contributed by atoms with E-state index in [1.54, 1.807) is 0 Å². The van der Waals surface area contributed by atoms with E-state index < -0.39 is 0 Å². The molecule has 6 nitrogen and oxygen atoms in total. The van der Waals surface area contributed by atoms with Crippen molar-refractivity contribution in [2.24, 2.45) is 0 Å². The fourth-order valence-electron chi connectivity index (χ4n) is 2.42. The highest BCUT2D eigenvalue weighted by Crippen LogP contribution is 2.32. The average molecular weight is 369 g/mol. The molecule has 1 amide bonds. The smallest absolute Gasteiger partial charge is 0.280 e. The summed E-state index contributed by atoms with van der Waals surface area (Å²) >= 11 is 11.8. The largest absolute Gasteiger partial charge is 0.454 e. The molecule has 2 aromatic rings. The second-order valence-electron chi connectivity index (χ2n) is 5.53. The van der Waals surface area contributed by atoms with Crippen LogP contribution in [0.5, 0.6) is 11.5 Å². The van der Waals surface area contributed by atoms with Crippen molar-refractivity contribution in [1.29, 1.82) is 0 Å². The van der Waals surface area contributed by atoms with E-state index in [4.69, 9.17) is 32.7 Å². The number of ether oxygens (including phenoxy) is 2. The number of nitrogens with zero attached hydrogens (tertiary/aromatic N) is 1. The number of nitrogens with one attached hydrogen (secondary N) is 2. The first-order valence-corrected chi connectivity index (χ1v) is 8.07. The van der Waals surface area contributed by atoms with Crippen LogP contribution < -0.4 is 19.7 Å². The van der Waals surface area contributed by atoms with Gasteiger partial charge in [-0.25, -0.2) is 4.98 Å². The molecule has 0 fully saturated rings. The van der Waals surface area contributed by atoms with Gasteiger partial charge in [0.1, 0.15) is 6.54 Å². The number of rotatable bonds is 5. The maximum absolute atomic E-state index is 12.1. The zero-order valence-electron chi connectivity index (χ0n) is 12.9. The van der Waals surface area contributed by atoms with Crippen molar-refractivity contribution in [3.63, 3.8) is 0 Å². The van der Waals surface area contributed by atoms with Crippen LogP contribution in [-0.4, -0.2) is 31.3 Å². The Bertz CT molecular complexity index is 770. The summed E-state index contributed by atoms with van der Waals surface area (Å²) in [7, 11) is 1.93. The standard InChI is InChI=1S/C16H15Cl2N3O3/c1-21(7-10-2-3-13-14(4-10)24-9-23-13)8-15(22)20-16-12(18)5-11(17)6-19-16/h2-6H,7-9H2,1H3,(H,19,20,22)/p+1. The summed E-state index contributed by atoms with van der Waals surface area (Å²) < 4.78 is 10.6. The summed E-state index contributed by atoms with van der Waals surface area (Å²) in [5.41, 5.74) is 1.06. The predicted octanol–water partition coefficient (Wildman–Crippen LogP) is 1.77. The molecule has 0 saturated carbocycles. The Labute approximate surface area is 149 Å². The summed E-state index contributed by atoms with van der Waals surface area (Å²) in [6, 6.07) is 7.31. The molecule has 2 N–H and O–H groups in total. The van der Waals surface area contributed by atoms with E-state index in [9.17, 15) is 4.79 Å². The highest BCUT2D eigenvalue weighted by molar-refractivity contribution is 6.36. The van der Waals surface area contributed by atoms with Crippen LogP contribution in [-0.2, 0) is 11.3 Å². The topological polar surface area (TPSA) is 64.9 Å². The van der Waals surface area contributed by atoms with Crippen molar-refractivity contribution >= 4 is 34.9 Å². The van der Waals surface area contributed by atoms with E-state index in [-0.39, 0.29) is 19.2 Å². The summed E-state index contributed by atoms with van der Waals surface area (Å²) in [4.78, 5) is 17.2. The molecule has 0 bridgehead atoms. The van der Waals surface area contributed by atoms with Crippen LogP contribution in [0.1, 0.15) is 5.56 Å². The fraction of sp³-hybridized carbons (Fsp3) is 0.250. The average Bonchev–Trinajstić information content (AvgIpc) is 2.97. The van der Waals surface area contributed by atoms with E-state index in [1.165, 1.54) is 12.3 Å². The molecule has 8 heteroatoms. The molecule has 1 unspecified atom stereocenters. The fourth-order valence-corrected chi connectivity index (χ4v) is 2.85. The number of carbonyl (C=O) groups is 1. The zero-order valence-corrected chi connectivity index (χ0v) is 14.4. The number of pyridine rings is 1. The Hall–Kier alpha value is -2.02. The Kier molecular flexibility index (Phi) is 5.08. The number of fused-ring (bicyclic) bond motifs is 1. The molecule has 1 aliphatic heterocycles. The van der Waals surface area contributed by atoms with Gasteiger partial charge in [-0.15, -0.1) is 0 Å². The molecule has 0 spiro atoms. The molecular formula is C16H16Cl2N3O3+. The molecule has 2 heterocycles. The molecule has 1 aliphatic rings. The maximum Gasteiger partial charge on any atom is 0.280 e. The molecule has 126 valence electrons. The first-order valence-electron chi connectivity index (χ1n) is 7.32. The normalized spacial score (nSPS) is 13.6. The van der Waals surface area contributed by atoms with Crippen molar-refractivity contribution < 1.29 is 19.2 Å². The lowest BCUT2D eigenvalue weighted by molar-refractivity contribution is -0.885. The van der Waals surface area contributed by atoms with Crippen molar-refractivity contribution in [2.45, 2.75) is 6.54 Å². The summed E-state index contributed by atoms with van der Waals surface area (Å²) in [5.74, 6) is 1.62. The van der Waals surface area contributed by atoms with Gasteiger partial charge in [-0.1, -0.05) is 23.2 Å². The van der Waals surface area contributed by atoms with Gasteiger partial charge in [0.25, 0.3) is 5.91 Å². The Balaban J connectivity index is 1.56. The lowest BCUT2D eigenvalue weighted by Gasteiger charge is -2.14. The highest BCUT2D eigenvalue weighted by Gasteiger charge is 2.17. The molecule has 0 aliphatic carbocycles. The second kappa shape index (κ2) is 7.25. The van der Waals surface area contributed by atoms with Crippen LogP contribution in [0.2, 0.25) is 10.0 Å². The summed E-state index contributed by atoms with van der Waals surface area (Å²) in [5, 5.41) is 3.42. The minimum atomic E-state index is -0.176. The van der Waals surface area contributed by atoms with Crippen molar-refractivity contribution in [1.82, 2.24) is 4.98 Å². The lowest BCUT2D eigenvalue weighted by Crippen LogP contribution is -3.08. The van der Waals surface area contributed by atoms with Crippen molar-refractivity contribution in [2.75, 3.05) is 25.7 Å². The molecule has 24 heavy (non-hydrogen) atoms. The van der Waals surface area contributed by atoms with E-state index in [0.717, 1.165) is 22.0 Å². The number of benzene rings is 1. The van der Waals surface area contributed by atoms with Gasteiger partial charge in [0, 0.05) is 11.8 Å². The molecule has 0 radical (unpaired) electrons. The number of hydrogen-bond acceptors (Lipinski definition) is 4. The minimum Gasteiger partial charge on any atom is -0.454 e. The molecule has 1 aromatic carbocycles. The van der Waals surface area contributed by atoms with Crippen LogP contribution in [0.4, 0.5) is 5.82 Å². The Morgan fingerprint density at radius 3 is 2.88 bits per heavy atom. The number of amides is 1. The van der Waals surface area contributed by atoms with Gasteiger partial charge in [0.15, 0.2) is 23.9 Å². The van der Waals surface area contributed by atoms with Crippen LogP contribution in [0.15, 0.2) is 30.5 Å². The van der Waals surface area contributed by atoms with E-state index in [2.05, 4.69) is 10.3 Å². The number of likely N-dealkylation sites (N-methyl/N-ethyl adjacent to an activating group) is 1. The van der Waals surface area contributed by atoms with Gasteiger partial charge in [-0.3, -0.25) is 4.79 Å². The third kappa shape index (κ3) is 4.08. The zero-order chi connectivity index (χ0) is 17.1. The van der Waals surface area contributed by atoms with Crippen LogP contribution in [0, 0.1) is 0 Å². The Morgan fingerprint density at radius 1 is 1.29 bits per heavy atom. The van der Waals surface area contributed by atoms with Crippen LogP contribution in [0.25, 0.3) is 0 Å². The van der Waals surface area contributed by atoms with Gasteiger partial charge >= 0.3 is 0 Å². The van der Waals surface area contributed by atoms with Gasteiger partial charge < -0.3 is 19.7 Å². The van der Waals surface area contributed by atoms with Crippen molar-refractivity contribution in [3.8, 4) is 11.5 Å². The molecule has 3 rings (SSSR count). The monoisotopic (exact) mass is 368 g/mol. The van der Waals surface area contributed by atoms with Crippen molar-refractivity contribution in [3.05, 3.63) is 46.1 Å². The predicted molar refractivity (Wildman–Crippen MR) is 90.9 cm³/mol. The van der Waals surface area contributed by atoms with E-state index in [0.29, 0.717) is 22.4 Å². The SMILES string of the molecule is C[NH+](CC(=O)Nc1ncc(Cl)cc1Cl)Cc1ccc2c(c1)OCO2.